The first-order valence-corrected chi connectivity index (χ1v) is 16.7. The maximum absolute atomic E-state index is 6.60. The molecule has 8 aromatic carbocycles. The summed E-state index contributed by atoms with van der Waals surface area (Å²) < 4.78 is 6.60. The van der Waals surface area contributed by atoms with Gasteiger partial charge in [0.25, 0.3) is 0 Å². The Kier molecular flexibility index (Phi) is 6.42. The number of benzene rings is 8. The van der Waals surface area contributed by atoms with E-state index in [9.17, 15) is 0 Å². The van der Waals surface area contributed by atoms with E-state index >= 15 is 0 Å². The summed E-state index contributed by atoms with van der Waals surface area (Å²) in [5, 5.41) is 9.56. The molecule has 0 aliphatic rings. The number of hydrogen-bond donors (Lipinski definition) is 0. The van der Waals surface area contributed by atoms with E-state index in [2.05, 4.69) is 183 Å². The van der Waals surface area contributed by atoms with Gasteiger partial charge in [0.1, 0.15) is 11.2 Å². The Bertz CT molecular complexity index is 2650. The smallest absolute Gasteiger partial charge is 0.137 e. The fraction of sp³-hybridized carbons (Fsp3) is 0.0870. The quantitative estimate of drug-likeness (QED) is 0.195. The van der Waals surface area contributed by atoms with Crippen LogP contribution in [0, 0.1) is 0 Å². The van der Waals surface area contributed by atoms with Gasteiger partial charge in [0.15, 0.2) is 0 Å². The van der Waals surface area contributed by atoms with Crippen LogP contribution in [0.15, 0.2) is 162 Å². The van der Waals surface area contributed by atoms with Crippen LogP contribution >= 0.6 is 0 Å². The number of fused-ring (bicyclic) bond motifs is 6. The van der Waals surface area contributed by atoms with E-state index in [1.165, 1.54) is 49.0 Å². The number of rotatable bonds is 4. The van der Waals surface area contributed by atoms with Crippen molar-refractivity contribution >= 4 is 71.3 Å². The van der Waals surface area contributed by atoms with Gasteiger partial charge in [-0.15, -0.1) is 0 Å². The van der Waals surface area contributed by atoms with Crippen molar-refractivity contribution in [1.82, 2.24) is 0 Å². The molecule has 1 heterocycles. The van der Waals surface area contributed by atoms with E-state index in [1.54, 1.807) is 0 Å². The van der Waals surface area contributed by atoms with Crippen LogP contribution in [0.2, 0.25) is 0 Å². The zero-order valence-electron chi connectivity index (χ0n) is 27.4. The first kappa shape index (κ1) is 28.4. The third-order valence-electron chi connectivity index (χ3n) is 9.78. The van der Waals surface area contributed by atoms with Crippen molar-refractivity contribution in [2.45, 2.75) is 26.2 Å². The third-order valence-corrected chi connectivity index (χ3v) is 9.78. The molecule has 0 aliphatic heterocycles. The van der Waals surface area contributed by atoms with Gasteiger partial charge < -0.3 is 9.32 Å². The van der Waals surface area contributed by atoms with Gasteiger partial charge in [-0.3, -0.25) is 0 Å². The van der Waals surface area contributed by atoms with E-state index in [-0.39, 0.29) is 5.41 Å². The summed E-state index contributed by atoms with van der Waals surface area (Å²) in [6.07, 6.45) is 0. The molecule has 0 aliphatic carbocycles. The molecule has 2 heteroatoms. The monoisotopic (exact) mass is 617 g/mol. The van der Waals surface area contributed by atoms with E-state index in [4.69, 9.17) is 4.42 Å². The van der Waals surface area contributed by atoms with Crippen molar-refractivity contribution in [3.63, 3.8) is 0 Å². The van der Waals surface area contributed by atoms with Crippen LogP contribution in [0.5, 0.6) is 0 Å². The summed E-state index contributed by atoms with van der Waals surface area (Å²) in [5.74, 6) is 0. The fourth-order valence-corrected chi connectivity index (χ4v) is 7.30. The van der Waals surface area contributed by atoms with Crippen molar-refractivity contribution in [3.8, 4) is 11.1 Å². The van der Waals surface area contributed by atoms with E-state index in [0.29, 0.717) is 0 Å². The first-order chi connectivity index (χ1) is 23.4. The molecule has 230 valence electrons. The number of furan rings is 1. The molecule has 9 rings (SSSR count). The second-order valence-electron chi connectivity index (χ2n) is 13.8. The molecule has 9 aromatic rings. The Morgan fingerprint density at radius 3 is 1.79 bits per heavy atom. The largest absolute Gasteiger partial charge is 0.456 e. The summed E-state index contributed by atoms with van der Waals surface area (Å²) >= 11 is 0. The second-order valence-corrected chi connectivity index (χ2v) is 13.8. The lowest BCUT2D eigenvalue weighted by molar-refractivity contribution is 0.590. The highest BCUT2D eigenvalue weighted by molar-refractivity contribution is 6.13. The van der Waals surface area contributed by atoms with Gasteiger partial charge in [-0.2, -0.15) is 0 Å². The SMILES string of the molecule is CC(C)(C)c1ccc(N(c2ccc3c(c2)oc2cc4ccccc4cc23)c2ccc3ccccc3c2-c2cccc3ccccc23)cc1. The third kappa shape index (κ3) is 4.64. The van der Waals surface area contributed by atoms with Crippen LogP contribution in [-0.2, 0) is 5.41 Å². The van der Waals surface area contributed by atoms with Crippen LogP contribution in [-0.4, -0.2) is 0 Å². The second kappa shape index (κ2) is 10.9. The fourth-order valence-electron chi connectivity index (χ4n) is 7.30. The summed E-state index contributed by atoms with van der Waals surface area (Å²) in [6, 6.07) is 57.2. The highest BCUT2D eigenvalue weighted by Gasteiger charge is 2.23. The maximum atomic E-state index is 6.60. The molecule has 0 unspecified atom stereocenters. The minimum Gasteiger partial charge on any atom is -0.456 e. The molecule has 0 amide bonds. The lowest BCUT2D eigenvalue weighted by Gasteiger charge is -2.30. The summed E-state index contributed by atoms with van der Waals surface area (Å²) in [4.78, 5) is 2.40. The lowest BCUT2D eigenvalue weighted by Crippen LogP contribution is -2.14. The molecule has 48 heavy (non-hydrogen) atoms. The molecular formula is C46H35NO. The summed E-state index contributed by atoms with van der Waals surface area (Å²) in [6.45, 7) is 6.79. The number of nitrogens with zero attached hydrogens (tertiary/aromatic N) is 1. The topological polar surface area (TPSA) is 16.4 Å². The summed E-state index contributed by atoms with van der Waals surface area (Å²) in [7, 11) is 0. The standard InChI is InChI=1S/C46H35NO/c1-46(2,3)34-20-22-35(23-21-34)47(36-24-25-39-41-27-32-13-4-5-14-33(32)28-43(41)48-44(39)29-36)42-26-19-31-12-7-9-17-38(31)45(42)40-18-10-15-30-11-6-8-16-37(30)40/h4-29H,1-3H3. The van der Waals surface area contributed by atoms with Gasteiger partial charge in [0.05, 0.1) is 5.69 Å². The highest BCUT2D eigenvalue weighted by Crippen LogP contribution is 2.47. The molecule has 0 saturated heterocycles. The van der Waals surface area contributed by atoms with Crippen LogP contribution in [0.3, 0.4) is 0 Å². The van der Waals surface area contributed by atoms with Crippen molar-refractivity contribution in [2.75, 3.05) is 4.90 Å². The predicted octanol–water partition coefficient (Wildman–Crippen LogP) is 13.5. The van der Waals surface area contributed by atoms with Crippen molar-refractivity contribution in [1.29, 1.82) is 0 Å². The van der Waals surface area contributed by atoms with Crippen molar-refractivity contribution in [2.24, 2.45) is 0 Å². The van der Waals surface area contributed by atoms with Gasteiger partial charge in [-0.05, 0) is 91.3 Å². The molecule has 0 atom stereocenters. The molecule has 0 bridgehead atoms. The minimum absolute atomic E-state index is 0.0527. The van der Waals surface area contributed by atoms with Crippen molar-refractivity contribution in [3.05, 3.63) is 163 Å². The number of hydrogen-bond acceptors (Lipinski definition) is 2. The lowest BCUT2D eigenvalue weighted by atomic mass is 9.87. The molecule has 0 fully saturated rings. The van der Waals surface area contributed by atoms with Gasteiger partial charge in [0.2, 0.25) is 0 Å². The number of anilines is 3. The van der Waals surface area contributed by atoms with Crippen LogP contribution in [0.1, 0.15) is 26.3 Å². The minimum atomic E-state index is 0.0527. The maximum Gasteiger partial charge on any atom is 0.137 e. The van der Waals surface area contributed by atoms with E-state index in [0.717, 1.165) is 39.0 Å². The van der Waals surface area contributed by atoms with Gasteiger partial charge in [-0.1, -0.05) is 130 Å². The van der Waals surface area contributed by atoms with Gasteiger partial charge in [-0.25, -0.2) is 0 Å². The molecule has 2 nitrogen and oxygen atoms in total. The van der Waals surface area contributed by atoms with Gasteiger partial charge in [0, 0.05) is 33.8 Å². The van der Waals surface area contributed by atoms with Crippen molar-refractivity contribution < 1.29 is 4.42 Å². The molecular weight excluding hydrogens is 583 g/mol. The first-order valence-electron chi connectivity index (χ1n) is 16.7. The predicted molar refractivity (Wildman–Crippen MR) is 205 cm³/mol. The molecule has 0 spiro atoms. The molecule has 0 radical (unpaired) electrons. The highest BCUT2D eigenvalue weighted by atomic mass is 16.3. The molecule has 0 N–H and O–H groups in total. The Labute approximate surface area is 280 Å². The zero-order valence-corrected chi connectivity index (χ0v) is 27.4. The van der Waals surface area contributed by atoms with Crippen LogP contribution in [0.4, 0.5) is 17.1 Å². The molecule has 1 aromatic heterocycles. The van der Waals surface area contributed by atoms with Crippen LogP contribution < -0.4 is 4.90 Å². The Balaban J connectivity index is 1.33. The van der Waals surface area contributed by atoms with Gasteiger partial charge >= 0.3 is 0 Å². The Hall–Kier alpha value is -5.86. The zero-order chi connectivity index (χ0) is 32.4. The summed E-state index contributed by atoms with van der Waals surface area (Å²) in [5.41, 5.74) is 8.83. The molecule has 0 saturated carbocycles. The average molecular weight is 618 g/mol. The van der Waals surface area contributed by atoms with E-state index in [1.807, 2.05) is 0 Å². The Morgan fingerprint density at radius 2 is 1.04 bits per heavy atom. The van der Waals surface area contributed by atoms with E-state index < -0.39 is 0 Å². The van der Waals surface area contributed by atoms with Crippen LogP contribution in [0.25, 0.3) is 65.4 Å². The Morgan fingerprint density at radius 1 is 0.438 bits per heavy atom. The average Bonchev–Trinajstić information content (AvgIpc) is 3.47. The normalized spacial score (nSPS) is 12.1.